The van der Waals surface area contributed by atoms with E-state index in [-0.39, 0.29) is 33.6 Å². The van der Waals surface area contributed by atoms with Gasteiger partial charge in [0, 0.05) is 25.4 Å². The van der Waals surface area contributed by atoms with Crippen LogP contribution in [-0.2, 0) is 11.3 Å². The Morgan fingerprint density at radius 2 is 1.95 bits per heavy atom. The zero-order valence-corrected chi connectivity index (χ0v) is 12.2. The van der Waals surface area contributed by atoms with Gasteiger partial charge in [-0.05, 0) is 18.2 Å². The fourth-order valence-electron chi connectivity index (χ4n) is 1.67. The summed E-state index contributed by atoms with van der Waals surface area (Å²) in [5.74, 6) is -1.44. The number of carbonyl (C=O) groups excluding carboxylic acids is 1. The molecule has 0 saturated carbocycles. The van der Waals surface area contributed by atoms with E-state index in [0.29, 0.717) is 6.54 Å². The fraction of sp³-hybridized carbons (Fsp3) is 0.154. The summed E-state index contributed by atoms with van der Waals surface area (Å²) in [5.41, 5.74) is 0.160. The van der Waals surface area contributed by atoms with E-state index < -0.39 is 5.97 Å². The van der Waals surface area contributed by atoms with Crippen molar-refractivity contribution >= 4 is 40.8 Å². The van der Waals surface area contributed by atoms with Crippen molar-refractivity contribution in [2.75, 3.05) is 5.32 Å². The first kappa shape index (κ1) is 15.3. The lowest BCUT2D eigenvalue weighted by molar-refractivity contribution is -0.116. The number of carboxylic acid groups (broad SMARTS) is 1. The molecule has 0 fully saturated rings. The number of halogens is 2. The summed E-state index contributed by atoms with van der Waals surface area (Å²) in [6.07, 6.45) is 3.56. The first-order valence-corrected chi connectivity index (χ1v) is 6.72. The van der Waals surface area contributed by atoms with E-state index in [9.17, 15) is 9.59 Å². The first-order valence-electron chi connectivity index (χ1n) is 5.97. The molecule has 0 aliphatic carbocycles. The van der Waals surface area contributed by atoms with Crippen molar-refractivity contribution in [3.8, 4) is 0 Å². The second-order valence-corrected chi connectivity index (χ2v) is 5.00. The number of hydrogen-bond donors (Lipinski definition) is 2. The molecule has 1 aromatic carbocycles. The summed E-state index contributed by atoms with van der Waals surface area (Å²) >= 11 is 11.9. The summed E-state index contributed by atoms with van der Waals surface area (Å²) in [6.45, 7) is 0.418. The number of nitrogens with one attached hydrogen (secondary N) is 1. The number of amides is 1. The van der Waals surface area contributed by atoms with Gasteiger partial charge in [0.2, 0.25) is 5.91 Å². The van der Waals surface area contributed by atoms with Crippen molar-refractivity contribution in [1.82, 2.24) is 9.78 Å². The van der Waals surface area contributed by atoms with E-state index in [0.717, 1.165) is 0 Å². The van der Waals surface area contributed by atoms with E-state index in [2.05, 4.69) is 10.4 Å². The van der Waals surface area contributed by atoms with E-state index >= 15 is 0 Å². The van der Waals surface area contributed by atoms with E-state index in [1.807, 2.05) is 0 Å². The van der Waals surface area contributed by atoms with Crippen molar-refractivity contribution < 1.29 is 14.7 Å². The van der Waals surface area contributed by atoms with Gasteiger partial charge in [0.1, 0.15) is 0 Å². The van der Waals surface area contributed by atoms with Crippen molar-refractivity contribution in [1.29, 1.82) is 0 Å². The number of anilines is 1. The summed E-state index contributed by atoms with van der Waals surface area (Å²) < 4.78 is 1.62. The largest absolute Gasteiger partial charge is 0.478 e. The SMILES string of the molecule is O=C(CCn1cccn1)Nc1c(Cl)cc(C(=O)O)cc1Cl. The summed E-state index contributed by atoms with van der Waals surface area (Å²) in [5, 5.41) is 15.6. The number of aromatic nitrogens is 2. The minimum atomic E-state index is -1.14. The maximum Gasteiger partial charge on any atom is 0.335 e. The minimum Gasteiger partial charge on any atom is -0.478 e. The Morgan fingerprint density at radius 1 is 1.29 bits per heavy atom. The molecule has 2 aromatic rings. The summed E-state index contributed by atoms with van der Waals surface area (Å²) in [6, 6.07) is 4.23. The quantitative estimate of drug-likeness (QED) is 0.884. The summed E-state index contributed by atoms with van der Waals surface area (Å²) in [7, 11) is 0. The normalized spacial score (nSPS) is 10.4. The average molecular weight is 328 g/mol. The highest BCUT2D eigenvalue weighted by atomic mass is 35.5. The molecular weight excluding hydrogens is 317 g/mol. The molecular formula is C13H11Cl2N3O3. The molecule has 21 heavy (non-hydrogen) atoms. The number of hydrogen-bond acceptors (Lipinski definition) is 3. The van der Waals surface area contributed by atoms with Crippen molar-refractivity contribution in [2.24, 2.45) is 0 Å². The minimum absolute atomic E-state index is 0.0421. The van der Waals surface area contributed by atoms with Crippen LogP contribution in [0.4, 0.5) is 5.69 Å². The molecule has 0 spiro atoms. The van der Waals surface area contributed by atoms with E-state index in [1.165, 1.54) is 12.1 Å². The number of carboxylic acids is 1. The van der Waals surface area contributed by atoms with Gasteiger partial charge in [0.15, 0.2) is 0 Å². The standard InChI is InChI=1S/C13H11Cl2N3O3/c14-9-6-8(13(20)21)7-10(15)12(9)17-11(19)2-5-18-4-1-3-16-18/h1,3-4,6-7H,2,5H2,(H,17,19)(H,20,21). The van der Waals surface area contributed by atoms with Gasteiger partial charge in [0.05, 0.1) is 21.3 Å². The van der Waals surface area contributed by atoms with Gasteiger partial charge < -0.3 is 10.4 Å². The second-order valence-electron chi connectivity index (χ2n) is 4.19. The number of aryl methyl sites for hydroxylation is 1. The molecule has 0 atom stereocenters. The number of rotatable bonds is 5. The van der Waals surface area contributed by atoms with Crippen LogP contribution in [0.3, 0.4) is 0 Å². The smallest absolute Gasteiger partial charge is 0.335 e. The van der Waals surface area contributed by atoms with Crippen LogP contribution in [0.2, 0.25) is 10.0 Å². The molecule has 1 aromatic heterocycles. The van der Waals surface area contributed by atoms with Gasteiger partial charge >= 0.3 is 5.97 Å². The molecule has 2 N–H and O–H groups in total. The Morgan fingerprint density at radius 3 is 2.48 bits per heavy atom. The lowest BCUT2D eigenvalue weighted by Crippen LogP contribution is -2.15. The Balaban J connectivity index is 2.05. The predicted octanol–water partition coefficient (Wildman–Crippen LogP) is 2.92. The van der Waals surface area contributed by atoms with Crippen LogP contribution in [0.1, 0.15) is 16.8 Å². The molecule has 0 aliphatic rings. The number of benzene rings is 1. The molecule has 6 nitrogen and oxygen atoms in total. The van der Waals surface area contributed by atoms with Gasteiger partial charge in [0.25, 0.3) is 0 Å². The zero-order valence-electron chi connectivity index (χ0n) is 10.7. The second kappa shape index (κ2) is 6.60. The van der Waals surface area contributed by atoms with Crippen LogP contribution in [0.15, 0.2) is 30.6 Å². The van der Waals surface area contributed by atoms with Crippen LogP contribution < -0.4 is 5.32 Å². The molecule has 0 bridgehead atoms. The van der Waals surface area contributed by atoms with Crippen LogP contribution >= 0.6 is 23.2 Å². The lowest BCUT2D eigenvalue weighted by Gasteiger charge is -2.10. The Hall–Kier alpha value is -2.05. The van der Waals surface area contributed by atoms with E-state index in [1.54, 1.807) is 23.1 Å². The van der Waals surface area contributed by atoms with Gasteiger partial charge in [-0.15, -0.1) is 0 Å². The van der Waals surface area contributed by atoms with E-state index in [4.69, 9.17) is 28.3 Å². The zero-order chi connectivity index (χ0) is 15.4. The van der Waals surface area contributed by atoms with Crippen LogP contribution in [-0.4, -0.2) is 26.8 Å². The van der Waals surface area contributed by atoms with Crippen molar-refractivity contribution in [3.05, 3.63) is 46.2 Å². The highest BCUT2D eigenvalue weighted by molar-refractivity contribution is 6.40. The van der Waals surface area contributed by atoms with Gasteiger partial charge in [-0.25, -0.2) is 4.79 Å². The molecule has 110 valence electrons. The molecule has 0 radical (unpaired) electrons. The molecule has 1 heterocycles. The molecule has 0 unspecified atom stereocenters. The third-order valence-electron chi connectivity index (χ3n) is 2.68. The molecule has 0 saturated heterocycles. The van der Waals surface area contributed by atoms with Gasteiger partial charge in [-0.2, -0.15) is 5.10 Å². The van der Waals surface area contributed by atoms with Crippen LogP contribution in [0, 0.1) is 0 Å². The number of aromatic carboxylic acids is 1. The number of carbonyl (C=O) groups is 2. The maximum atomic E-state index is 11.8. The van der Waals surface area contributed by atoms with Gasteiger partial charge in [-0.3, -0.25) is 9.48 Å². The molecule has 1 amide bonds. The highest BCUT2D eigenvalue weighted by Gasteiger charge is 2.14. The molecule has 0 aliphatic heterocycles. The van der Waals surface area contributed by atoms with Crippen LogP contribution in [0.25, 0.3) is 0 Å². The fourth-order valence-corrected chi connectivity index (χ4v) is 2.25. The third kappa shape index (κ3) is 3.96. The maximum absolute atomic E-state index is 11.8. The Kier molecular flexibility index (Phi) is 4.82. The average Bonchev–Trinajstić information content (AvgIpc) is 2.93. The Labute approximate surface area is 130 Å². The third-order valence-corrected chi connectivity index (χ3v) is 3.28. The van der Waals surface area contributed by atoms with Crippen molar-refractivity contribution in [2.45, 2.75) is 13.0 Å². The molecule has 2 rings (SSSR count). The Bertz CT molecular complexity index is 648. The monoisotopic (exact) mass is 327 g/mol. The van der Waals surface area contributed by atoms with Crippen molar-refractivity contribution in [3.63, 3.8) is 0 Å². The van der Waals surface area contributed by atoms with Gasteiger partial charge in [-0.1, -0.05) is 23.2 Å². The lowest BCUT2D eigenvalue weighted by atomic mass is 10.2. The topological polar surface area (TPSA) is 84.2 Å². The predicted molar refractivity (Wildman–Crippen MR) is 78.9 cm³/mol. The van der Waals surface area contributed by atoms with Crippen LogP contribution in [0.5, 0.6) is 0 Å². The summed E-state index contributed by atoms with van der Waals surface area (Å²) in [4.78, 5) is 22.7. The highest BCUT2D eigenvalue weighted by Crippen LogP contribution is 2.32. The first-order chi connectivity index (χ1) is 9.97. The number of nitrogens with zero attached hydrogens (tertiary/aromatic N) is 2. The molecule has 8 heteroatoms.